The Kier molecular flexibility index (Phi) is 4.45. The first-order valence-corrected chi connectivity index (χ1v) is 5.15. The van der Waals surface area contributed by atoms with E-state index in [1.54, 1.807) is 0 Å². The molecule has 2 amide bonds. The number of nitrogens with zero attached hydrogens (tertiary/aromatic N) is 2. The lowest BCUT2D eigenvalue weighted by Crippen LogP contribution is -2.47. The lowest BCUT2D eigenvalue weighted by Gasteiger charge is -2.25. The van der Waals surface area contributed by atoms with Gasteiger partial charge in [0.25, 0.3) is 0 Å². The van der Waals surface area contributed by atoms with E-state index in [4.69, 9.17) is 10.2 Å². The highest BCUT2D eigenvalue weighted by atomic mass is 16.4. The minimum atomic E-state index is -1.34. The Morgan fingerprint density at radius 2 is 1.39 bits per heavy atom. The topological polar surface area (TPSA) is 139 Å². The van der Waals surface area contributed by atoms with Gasteiger partial charge in [0.15, 0.2) is 0 Å². The van der Waals surface area contributed by atoms with E-state index in [0.717, 1.165) is 4.90 Å². The van der Waals surface area contributed by atoms with Crippen LogP contribution in [0.25, 0.3) is 0 Å². The molecular weight excluding hydrogens is 248 g/mol. The van der Waals surface area contributed by atoms with E-state index >= 15 is 0 Å². The monoisotopic (exact) mass is 262 g/mol. The lowest BCUT2D eigenvalue weighted by molar-refractivity contribution is -0.140. The van der Waals surface area contributed by atoms with Gasteiger partial charge in [0.2, 0.25) is 0 Å². The largest absolute Gasteiger partial charge is 0.480 e. The van der Waals surface area contributed by atoms with Crippen molar-refractivity contribution in [3.8, 4) is 0 Å². The van der Waals surface area contributed by atoms with Gasteiger partial charge in [-0.25, -0.2) is 4.79 Å². The van der Waals surface area contributed by atoms with Crippen LogP contribution in [0.3, 0.4) is 0 Å². The summed E-state index contributed by atoms with van der Waals surface area (Å²) in [6, 6.07) is -0.838. The summed E-state index contributed by atoms with van der Waals surface area (Å²) in [4.78, 5) is 34.5. The zero-order chi connectivity index (χ0) is 13.9. The van der Waals surface area contributed by atoms with Crippen LogP contribution in [0.4, 0.5) is 4.79 Å². The third kappa shape index (κ3) is 3.57. The van der Waals surface area contributed by atoms with Gasteiger partial charge in [-0.3, -0.25) is 9.59 Å². The quantitative estimate of drug-likeness (QED) is 0.443. The smallest absolute Gasteiger partial charge is 0.323 e. The van der Waals surface area contributed by atoms with Crippen molar-refractivity contribution in [2.75, 3.05) is 26.2 Å². The maximum atomic E-state index is 11.8. The van der Waals surface area contributed by atoms with Crippen LogP contribution in [0, 0.1) is 0 Å². The highest BCUT2D eigenvalue weighted by molar-refractivity contribution is 5.84. The molecule has 0 saturated carbocycles. The van der Waals surface area contributed by atoms with E-state index in [9.17, 15) is 24.6 Å². The Morgan fingerprint density at radius 3 is 1.72 bits per heavy atom. The summed E-state index contributed by atoms with van der Waals surface area (Å²) in [6.07, 6.45) is -2.21. The van der Waals surface area contributed by atoms with E-state index < -0.39 is 43.3 Å². The number of aliphatic hydroxyl groups excluding tert-OH is 2. The van der Waals surface area contributed by atoms with Crippen LogP contribution in [-0.4, -0.2) is 86.6 Å². The third-order valence-corrected chi connectivity index (χ3v) is 2.45. The Morgan fingerprint density at radius 1 is 1.00 bits per heavy atom. The number of likely N-dealkylation sites (tertiary alicyclic amines) is 1. The average molecular weight is 262 g/mol. The number of hydrogen-bond acceptors (Lipinski definition) is 5. The van der Waals surface area contributed by atoms with Crippen molar-refractivity contribution in [2.24, 2.45) is 0 Å². The zero-order valence-electron chi connectivity index (χ0n) is 9.39. The molecule has 1 saturated heterocycles. The van der Waals surface area contributed by atoms with Gasteiger partial charge < -0.3 is 30.2 Å². The molecule has 0 bridgehead atoms. The summed E-state index contributed by atoms with van der Waals surface area (Å²) in [6.45, 7) is -1.83. The van der Waals surface area contributed by atoms with Crippen LogP contribution in [0.15, 0.2) is 0 Å². The van der Waals surface area contributed by atoms with Crippen molar-refractivity contribution < 1.29 is 34.8 Å². The highest BCUT2D eigenvalue weighted by Gasteiger charge is 2.35. The molecule has 0 spiro atoms. The first-order valence-electron chi connectivity index (χ1n) is 5.15. The van der Waals surface area contributed by atoms with Gasteiger partial charge in [-0.15, -0.1) is 0 Å². The number of hydrogen-bond donors (Lipinski definition) is 4. The predicted octanol–water partition coefficient (Wildman–Crippen LogP) is -2.38. The zero-order valence-corrected chi connectivity index (χ0v) is 9.39. The fourth-order valence-electron chi connectivity index (χ4n) is 1.64. The summed E-state index contributed by atoms with van der Waals surface area (Å²) in [7, 11) is 0. The molecule has 1 rings (SSSR count). The van der Waals surface area contributed by atoms with E-state index in [2.05, 4.69) is 0 Å². The van der Waals surface area contributed by atoms with Crippen molar-refractivity contribution in [3.63, 3.8) is 0 Å². The number of β-amino-alcohol motifs (C(OH)–C–C–N with tert-alkyl or cyclic N) is 2. The molecule has 2 atom stereocenters. The van der Waals surface area contributed by atoms with Crippen LogP contribution in [0.2, 0.25) is 0 Å². The van der Waals surface area contributed by atoms with Gasteiger partial charge in [0, 0.05) is 0 Å². The number of carboxylic acids is 2. The summed E-state index contributed by atoms with van der Waals surface area (Å²) in [5, 5.41) is 35.7. The maximum Gasteiger partial charge on any atom is 0.323 e. The lowest BCUT2D eigenvalue weighted by atomic mass is 10.3. The van der Waals surface area contributed by atoms with Crippen molar-refractivity contribution in [1.29, 1.82) is 0 Å². The van der Waals surface area contributed by atoms with Gasteiger partial charge in [0.1, 0.15) is 13.1 Å². The average Bonchev–Trinajstić information content (AvgIpc) is 2.56. The standard InChI is InChI=1S/C9H14N2O7/c12-5-1-10(2-6(5)13)9(18)11(3-7(14)15)4-8(16)17/h5-6,12-13H,1-4H2,(H,14,15)(H,16,17). The number of urea groups is 1. The van der Waals surface area contributed by atoms with Crippen LogP contribution in [0.1, 0.15) is 0 Å². The molecule has 0 radical (unpaired) electrons. The van der Waals surface area contributed by atoms with Crippen molar-refractivity contribution in [1.82, 2.24) is 9.80 Å². The second-order valence-corrected chi connectivity index (χ2v) is 3.97. The summed E-state index contributed by atoms with van der Waals surface area (Å²) < 4.78 is 0. The molecule has 1 fully saturated rings. The fraction of sp³-hybridized carbons (Fsp3) is 0.667. The summed E-state index contributed by atoms with van der Waals surface area (Å²) in [5.74, 6) is -2.69. The normalized spacial score (nSPS) is 22.9. The molecule has 2 unspecified atom stereocenters. The maximum absolute atomic E-state index is 11.8. The number of aliphatic carboxylic acids is 2. The Bertz CT molecular complexity index is 333. The SMILES string of the molecule is O=C(O)CN(CC(=O)O)C(=O)N1CC(O)C(O)C1. The van der Waals surface area contributed by atoms with Crippen LogP contribution in [-0.2, 0) is 9.59 Å². The van der Waals surface area contributed by atoms with Gasteiger partial charge in [-0.2, -0.15) is 0 Å². The Hall–Kier alpha value is -1.87. The third-order valence-electron chi connectivity index (χ3n) is 2.45. The number of aliphatic hydroxyl groups is 2. The van der Waals surface area contributed by atoms with E-state index in [1.807, 2.05) is 0 Å². The minimum absolute atomic E-state index is 0.157. The highest BCUT2D eigenvalue weighted by Crippen LogP contribution is 2.12. The van der Waals surface area contributed by atoms with Crippen molar-refractivity contribution in [2.45, 2.75) is 12.2 Å². The molecule has 1 aliphatic heterocycles. The minimum Gasteiger partial charge on any atom is -0.480 e. The molecule has 4 N–H and O–H groups in total. The van der Waals surface area contributed by atoms with Crippen molar-refractivity contribution >= 4 is 18.0 Å². The predicted molar refractivity (Wildman–Crippen MR) is 55.8 cm³/mol. The molecule has 0 aromatic heterocycles. The van der Waals surface area contributed by atoms with Gasteiger partial charge in [0.05, 0.1) is 25.3 Å². The van der Waals surface area contributed by atoms with E-state index in [1.165, 1.54) is 0 Å². The van der Waals surface area contributed by atoms with Gasteiger partial charge >= 0.3 is 18.0 Å². The van der Waals surface area contributed by atoms with Gasteiger partial charge in [-0.05, 0) is 0 Å². The number of carbonyl (C=O) groups excluding carboxylic acids is 1. The molecule has 1 heterocycles. The molecule has 18 heavy (non-hydrogen) atoms. The van der Waals surface area contributed by atoms with Crippen LogP contribution < -0.4 is 0 Å². The molecular formula is C9H14N2O7. The first-order chi connectivity index (χ1) is 8.31. The molecule has 9 nitrogen and oxygen atoms in total. The molecule has 0 aromatic rings. The van der Waals surface area contributed by atoms with E-state index in [0.29, 0.717) is 4.90 Å². The summed E-state index contributed by atoms with van der Waals surface area (Å²) in [5.41, 5.74) is 0. The number of carboxylic acid groups (broad SMARTS) is 2. The number of amides is 2. The molecule has 9 heteroatoms. The number of carbonyl (C=O) groups is 3. The molecule has 0 aromatic carbocycles. The van der Waals surface area contributed by atoms with Crippen LogP contribution >= 0.6 is 0 Å². The number of rotatable bonds is 4. The fourth-order valence-corrected chi connectivity index (χ4v) is 1.64. The molecule has 0 aliphatic carbocycles. The van der Waals surface area contributed by atoms with Gasteiger partial charge in [-0.1, -0.05) is 0 Å². The Balaban J connectivity index is 2.70. The van der Waals surface area contributed by atoms with E-state index in [-0.39, 0.29) is 13.1 Å². The Labute approximate surface area is 102 Å². The summed E-state index contributed by atoms with van der Waals surface area (Å²) >= 11 is 0. The molecule has 102 valence electrons. The van der Waals surface area contributed by atoms with Crippen LogP contribution in [0.5, 0.6) is 0 Å². The molecule has 1 aliphatic rings. The first kappa shape index (κ1) is 14.2. The van der Waals surface area contributed by atoms with Crippen molar-refractivity contribution in [3.05, 3.63) is 0 Å². The second kappa shape index (κ2) is 5.65. The second-order valence-electron chi connectivity index (χ2n) is 3.97.